The van der Waals surface area contributed by atoms with Crippen molar-refractivity contribution < 1.29 is 9.13 Å². The molecule has 0 aliphatic rings. The molecule has 3 N–H and O–H groups in total. The molecule has 2 unspecified atom stereocenters. The molecule has 0 aromatic heterocycles. The molecule has 0 aliphatic heterocycles. The molecule has 0 saturated carbocycles. The van der Waals surface area contributed by atoms with Gasteiger partial charge in [0.25, 0.3) is 0 Å². The fraction of sp³-hybridized carbons (Fsp3) is 0.500. The van der Waals surface area contributed by atoms with Crippen molar-refractivity contribution in [2.24, 2.45) is 5.84 Å². The van der Waals surface area contributed by atoms with Gasteiger partial charge in [0.05, 0.1) is 12.1 Å². The summed E-state index contributed by atoms with van der Waals surface area (Å²) in [6.07, 6.45) is 0.457. The Labute approximate surface area is 106 Å². The van der Waals surface area contributed by atoms with Crippen LogP contribution in [0.15, 0.2) is 18.2 Å². The summed E-state index contributed by atoms with van der Waals surface area (Å²) < 4.78 is 18.6. The van der Waals surface area contributed by atoms with Crippen LogP contribution < -0.4 is 11.3 Å². The Kier molecular flexibility index (Phi) is 5.85. The van der Waals surface area contributed by atoms with Gasteiger partial charge in [0, 0.05) is 11.6 Å². The zero-order chi connectivity index (χ0) is 12.8. The van der Waals surface area contributed by atoms with E-state index in [0.717, 1.165) is 5.56 Å². The van der Waals surface area contributed by atoms with Gasteiger partial charge in [0.1, 0.15) is 5.82 Å². The maximum atomic E-state index is 13.1. The molecule has 1 aromatic rings. The van der Waals surface area contributed by atoms with E-state index >= 15 is 0 Å². The molecule has 0 fully saturated rings. The molecule has 0 aliphatic carbocycles. The van der Waals surface area contributed by atoms with E-state index in [1.54, 1.807) is 6.07 Å². The minimum absolute atomic E-state index is 0.0654. The van der Waals surface area contributed by atoms with Gasteiger partial charge in [-0.25, -0.2) is 4.39 Å². The first-order chi connectivity index (χ1) is 8.08. The second-order valence-electron chi connectivity index (χ2n) is 3.87. The number of hydrogen-bond acceptors (Lipinski definition) is 3. The van der Waals surface area contributed by atoms with Crippen molar-refractivity contribution in [3.63, 3.8) is 0 Å². The van der Waals surface area contributed by atoms with Gasteiger partial charge >= 0.3 is 0 Å². The van der Waals surface area contributed by atoms with Crippen molar-refractivity contribution in [3.8, 4) is 0 Å². The maximum absolute atomic E-state index is 13.1. The van der Waals surface area contributed by atoms with Gasteiger partial charge in [-0.3, -0.25) is 11.3 Å². The molecule has 1 rings (SSSR count). The third-order valence-corrected chi connectivity index (χ3v) is 3.03. The standard InChI is InChI=1S/C12H18ClFN2O/c1-3-17-8(2)12(16-15)7-9-6-10(14)4-5-11(9)13/h4-6,8,12,16H,3,7,15H2,1-2H3. The molecule has 5 heteroatoms. The van der Waals surface area contributed by atoms with Gasteiger partial charge in [0.15, 0.2) is 0 Å². The Morgan fingerprint density at radius 3 is 2.82 bits per heavy atom. The number of ether oxygens (including phenoxy) is 1. The lowest BCUT2D eigenvalue weighted by Gasteiger charge is -2.23. The van der Waals surface area contributed by atoms with Crippen LogP contribution in [-0.2, 0) is 11.2 Å². The number of halogens is 2. The van der Waals surface area contributed by atoms with Crippen LogP contribution in [0.1, 0.15) is 19.4 Å². The van der Waals surface area contributed by atoms with Gasteiger partial charge in [-0.1, -0.05) is 11.6 Å². The lowest BCUT2D eigenvalue weighted by atomic mass is 10.0. The lowest BCUT2D eigenvalue weighted by Crippen LogP contribution is -2.45. The van der Waals surface area contributed by atoms with Gasteiger partial charge in [-0.05, 0) is 44.0 Å². The van der Waals surface area contributed by atoms with Crippen LogP contribution in [0.3, 0.4) is 0 Å². The molecule has 0 spiro atoms. The quantitative estimate of drug-likeness (QED) is 0.609. The van der Waals surface area contributed by atoms with E-state index in [2.05, 4.69) is 5.43 Å². The number of benzene rings is 1. The average Bonchev–Trinajstić information content (AvgIpc) is 2.30. The first-order valence-electron chi connectivity index (χ1n) is 5.60. The summed E-state index contributed by atoms with van der Waals surface area (Å²) in [5, 5.41) is 0.537. The fourth-order valence-corrected chi connectivity index (χ4v) is 1.87. The van der Waals surface area contributed by atoms with Crippen LogP contribution in [0.2, 0.25) is 5.02 Å². The predicted molar refractivity (Wildman–Crippen MR) is 67.3 cm³/mol. The molecule has 1 aromatic carbocycles. The zero-order valence-corrected chi connectivity index (χ0v) is 10.8. The maximum Gasteiger partial charge on any atom is 0.123 e. The van der Waals surface area contributed by atoms with E-state index < -0.39 is 0 Å². The predicted octanol–water partition coefficient (Wildman–Crippen LogP) is 2.28. The number of nitrogens with one attached hydrogen (secondary N) is 1. The highest BCUT2D eigenvalue weighted by atomic mass is 35.5. The summed E-state index contributed by atoms with van der Waals surface area (Å²) in [5.74, 6) is 5.17. The van der Waals surface area contributed by atoms with Gasteiger partial charge in [-0.2, -0.15) is 0 Å². The highest BCUT2D eigenvalue weighted by Gasteiger charge is 2.18. The van der Waals surface area contributed by atoms with Crippen molar-refractivity contribution in [1.29, 1.82) is 0 Å². The van der Waals surface area contributed by atoms with Crippen LogP contribution in [0, 0.1) is 5.82 Å². The molecule has 17 heavy (non-hydrogen) atoms. The van der Waals surface area contributed by atoms with E-state index in [-0.39, 0.29) is 18.0 Å². The monoisotopic (exact) mass is 260 g/mol. The summed E-state index contributed by atoms with van der Waals surface area (Å²) in [7, 11) is 0. The molecular weight excluding hydrogens is 243 g/mol. The first-order valence-corrected chi connectivity index (χ1v) is 5.98. The summed E-state index contributed by atoms with van der Waals surface area (Å²) in [6, 6.07) is 4.20. The number of rotatable bonds is 6. The van der Waals surface area contributed by atoms with Gasteiger partial charge in [0.2, 0.25) is 0 Å². The third-order valence-electron chi connectivity index (χ3n) is 2.66. The number of hydrazine groups is 1. The molecule has 0 heterocycles. The van der Waals surface area contributed by atoms with Crippen LogP contribution in [0.25, 0.3) is 0 Å². The van der Waals surface area contributed by atoms with E-state index in [4.69, 9.17) is 22.2 Å². The number of nitrogens with two attached hydrogens (primary N) is 1. The van der Waals surface area contributed by atoms with E-state index in [9.17, 15) is 4.39 Å². The molecule has 2 atom stereocenters. The smallest absolute Gasteiger partial charge is 0.123 e. The minimum atomic E-state index is -0.302. The van der Waals surface area contributed by atoms with Crippen molar-refractivity contribution in [3.05, 3.63) is 34.6 Å². The van der Waals surface area contributed by atoms with Crippen molar-refractivity contribution in [2.45, 2.75) is 32.4 Å². The second kappa shape index (κ2) is 6.91. The van der Waals surface area contributed by atoms with Crippen LogP contribution in [-0.4, -0.2) is 18.8 Å². The summed E-state index contributed by atoms with van der Waals surface area (Å²) in [4.78, 5) is 0. The topological polar surface area (TPSA) is 47.3 Å². The molecule has 96 valence electrons. The minimum Gasteiger partial charge on any atom is -0.377 e. The second-order valence-corrected chi connectivity index (χ2v) is 4.28. The van der Waals surface area contributed by atoms with E-state index in [1.165, 1.54) is 12.1 Å². The normalized spacial score (nSPS) is 14.6. The molecule has 0 bridgehead atoms. The van der Waals surface area contributed by atoms with Gasteiger partial charge < -0.3 is 4.74 Å². The molecule has 0 saturated heterocycles. The summed E-state index contributed by atoms with van der Waals surface area (Å²) in [6.45, 7) is 4.44. The third kappa shape index (κ3) is 4.24. The first kappa shape index (κ1) is 14.4. The fourth-order valence-electron chi connectivity index (χ4n) is 1.68. The van der Waals surface area contributed by atoms with Crippen molar-refractivity contribution in [2.75, 3.05) is 6.61 Å². The lowest BCUT2D eigenvalue weighted by molar-refractivity contribution is 0.0476. The SMILES string of the molecule is CCOC(C)C(Cc1cc(F)ccc1Cl)NN. The highest BCUT2D eigenvalue weighted by molar-refractivity contribution is 6.31. The Hall–Kier alpha value is -0.680. The Morgan fingerprint density at radius 2 is 2.24 bits per heavy atom. The Bertz CT molecular complexity index is 362. The molecule has 0 amide bonds. The highest BCUT2D eigenvalue weighted by Crippen LogP contribution is 2.19. The van der Waals surface area contributed by atoms with E-state index in [1.807, 2.05) is 13.8 Å². The molecule has 3 nitrogen and oxygen atoms in total. The number of hydrogen-bond donors (Lipinski definition) is 2. The zero-order valence-electron chi connectivity index (χ0n) is 10.0. The van der Waals surface area contributed by atoms with Crippen LogP contribution in [0.5, 0.6) is 0 Å². The Morgan fingerprint density at radius 1 is 1.53 bits per heavy atom. The van der Waals surface area contributed by atoms with Crippen LogP contribution in [0.4, 0.5) is 4.39 Å². The van der Waals surface area contributed by atoms with Crippen molar-refractivity contribution >= 4 is 11.6 Å². The Balaban J connectivity index is 2.76. The van der Waals surface area contributed by atoms with E-state index in [0.29, 0.717) is 18.1 Å². The van der Waals surface area contributed by atoms with Crippen molar-refractivity contribution in [1.82, 2.24) is 5.43 Å². The largest absolute Gasteiger partial charge is 0.377 e. The molecular formula is C12H18ClFN2O. The average molecular weight is 261 g/mol. The summed E-state index contributed by atoms with van der Waals surface area (Å²) >= 11 is 6.00. The van der Waals surface area contributed by atoms with Crippen LogP contribution >= 0.6 is 11.6 Å². The van der Waals surface area contributed by atoms with Gasteiger partial charge in [-0.15, -0.1) is 0 Å². The summed E-state index contributed by atoms with van der Waals surface area (Å²) in [5.41, 5.74) is 3.40. The molecule has 0 radical (unpaired) electrons.